The molecule has 2 rings (SSSR count). The van der Waals surface area contributed by atoms with Crippen LogP contribution >= 0.6 is 0 Å². The summed E-state index contributed by atoms with van der Waals surface area (Å²) in [4.78, 5) is 18.7. The van der Waals surface area contributed by atoms with Gasteiger partial charge in [0.25, 0.3) is 0 Å². The van der Waals surface area contributed by atoms with Crippen LogP contribution in [0.1, 0.15) is 42.5 Å². The third-order valence-electron chi connectivity index (χ3n) is 3.74. The summed E-state index contributed by atoms with van der Waals surface area (Å²) >= 11 is 0. The summed E-state index contributed by atoms with van der Waals surface area (Å²) in [5.74, 6) is 0.547. The molecule has 1 atom stereocenters. The van der Waals surface area contributed by atoms with E-state index in [0.717, 1.165) is 6.54 Å². The average Bonchev–Trinajstić information content (AvgIpc) is 2.98. The number of carbonyl (C=O) groups is 1. The van der Waals surface area contributed by atoms with Crippen molar-refractivity contribution in [2.75, 3.05) is 20.2 Å². The molecule has 0 bridgehead atoms. The standard InChI is InChI=1S/C15H23N3O4/c1-11-5-3-4-8-18(11)9-14(16)17-21-10-12-6-7-13(22-12)15(19)20-2/h6-7,11H,3-5,8-10H2,1-2H3,(H2,16,17). The summed E-state index contributed by atoms with van der Waals surface area (Å²) in [6.45, 7) is 3.96. The number of oxime groups is 1. The Bertz CT molecular complexity index is 527. The number of furan rings is 1. The molecule has 22 heavy (non-hydrogen) atoms. The minimum Gasteiger partial charge on any atom is -0.463 e. The lowest BCUT2D eigenvalue weighted by molar-refractivity contribution is 0.0553. The molecule has 7 heteroatoms. The highest BCUT2D eigenvalue weighted by atomic mass is 16.6. The lowest BCUT2D eigenvalue weighted by Crippen LogP contribution is -2.42. The van der Waals surface area contributed by atoms with Gasteiger partial charge < -0.3 is 19.7 Å². The smallest absolute Gasteiger partial charge is 0.373 e. The van der Waals surface area contributed by atoms with Crippen LogP contribution in [0, 0.1) is 0 Å². The second-order valence-corrected chi connectivity index (χ2v) is 5.43. The molecule has 0 amide bonds. The van der Waals surface area contributed by atoms with Crippen LogP contribution in [0.25, 0.3) is 0 Å². The molecule has 0 saturated carbocycles. The normalized spacial score (nSPS) is 19.9. The van der Waals surface area contributed by atoms with Crippen molar-refractivity contribution in [1.82, 2.24) is 4.90 Å². The maximum atomic E-state index is 11.3. The van der Waals surface area contributed by atoms with E-state index < -0.39 is 5.97 Å². The van der Waals surface area contributed by atoms with E-state index in [4.69, 9.17) is 15.0 Å². The first-order valence-corrected chi connectivity index (χ1v) is 7.45. The van der Waals surface area contributed by atoms with Gasteiger partial charge in [0.2, 0.25) is 5.76 Å². The number of amidine groups is 1. The molecule has 1 aliphatic rings. The Morgan fingerprint density at radius 1 is 1.50 bits per heavy atom. The SMILES string of the molecule is COC(=O)c1ccc(CON=C(N)CN2CCCCC2C)o1. The van der Waals surface area contributed by atoms with Gasteiger partial charge in [-0.1, -0.05) is 11.6 Å². The lowest BCUT2D eigenvalue weighted by Gasteiger charge is -2.32. The Morgan fingerprint density at radius 3 is 3.05 bits per heavy atom. The lowest BCUT2D eigenvalue weighted by atomic mass is 10.0. The van der Waals surface area contributed by atoms with E-state index in [9.17, 15) is 4.79 Å². The monoisotopic (exact) mass is 309 g/mol. The van der Waals surface area contributed by atoms with Gasteiger partial charge in [-0.25, -0.2) is 4.79 Å². The van der Waals surface area contributed by atoms with Crippen LogP contribution in [0.2, 0.25) is 0 Å². The maximum Gasteiger partial charge on any atom is 0.373 e. The van der Waals surface area contributed by atoms with E-state index in [1.54, 1.807) is 6.07 Å². The van der Waals surface area contributed by atoms with Crippen molar-refractivity contribution in [2.24, 2.45) is 10.9 Å². The van der Waals surface area contributed by atoms with Crippen molar-refractivity contribution in [2.45, 2.75) is 38.8 Å². The summed E-state index contributed by atoms with van der Waals surface area (Å²) in [6, 6.07) is 3.70. The van der Waals surface area contributed by atoms with Crippen molar-refractivity contribution in [3.8, 4) is 0 Å². The van der Waals surface area contributed by atoms with Gasteiger partial charge in [0.1, 0.15) is 5.76 Å². The molecule has 1 aromatic rings. The highest BCUT2D eigenvalue weighted by molar-refractivity contribution is 5.86. The average molecular weight is 309 g/mol. The van der Waals surface area contributed by atoms with Crippen LogP contribution in [0.5, 0.6) is 0 Å². The van der Waals surface area contributed by atoms with Gasteiger partial charge >= 0.3 is 5.97 Å². The van der Waals surface area contributed by atoms with Gasteiger partial charge in [-0.3, -0.25) is 4.90 Å². The Balaban J connectivity index is 1.78. The predicted molar refractivity (Wildman–Crippen MR) is 81.3 cm³/mol. The summed E-state index contributed by atoms with van der Waals surface area (Å²) < 4.78 is 9.83. The van der Waals surface area contributed by atoms with E-state index in [1.807, 2.05) is 0 Å². The van der Waals surface area contributed by atoms with Crippen LogP contribution in [0.4, 0.5) is 0 Å². The van der Waals surface area contributed by atoms with E-state index >= 15 is 0 Å². The highest BCUT2D eigenvalue weighted by Gasteiger charge is 2.19. The van der Waals surface area contributed by atoms with Crippen LogP contribution in [0.15, 0.2) is 21.7 Å². The second-order valence-electron chi connectivity index (χ2n) is 5.43. The van der Waals surface area contributed by atoms with E-state index in [-0.39, 0.29) is 12.4 Å². The molecule has 1 aliphatic heterocycles. The molecular weight excluding hydrogens is 286 g/mol. The first kappa shape index (κ1) is 16.4. The minimum atomic E-state index is -0.520. The number of rotatable bonds is 6. The minimum absolute atomic E-state index is 0.118. The molecule has 0 aromatic carbocycles. The van der Waals surface area contributed by atoms with Gasteiger partial charge in [-0.05, 0) is 38.4 Å². The molecule has 0 spiro atoms. The number of carbonyl (C=O) groups excluding carboxylic acids is 1. The summed E-state index contributed by atoms with van der Waals surface area (Å²) in [6.07, 6.45) is 3.66. The number of methoxy groups -OCH3 is 1. The van der Waals surface area contributed by atoms with Crippen LogP contribution in [0.3, 0.4) is 0 Å². The van der Waals surface area contributed by atoms with Crippen molar-refractivity contribution < 1.29 is 18.8 Å². The largest absolute Gasteiger partial charge is 0.463 e. The van der Waals surface area contributed by atoms with Gasteiger partial charge in [-0.15, -0.1) is 0 Å². The molecule has 0 aliphatic carbocycles. The number of ether oxygens (including phenoxy) is 1. The number of nitrogens with two attached hydrogens (primary N) is 1. The zero-order valence-corrected chi connectivity index (χ0v) is 13.1. The molecule has 2 heterocycles. The summed E-state index contributed by atoms with van der Waals surface area (Å²) in [7, 11) is 1.30. The Kier molecular flexibility index (Phi) is 5.83. The number of hydrogen-bond acceptors (Lipinski definition) is 6. The van der Waals surface area contributed by atoms with E-state index in [2.05, 4.69) is 21.7 Å². The highest BCUT2D eigenvalue weighted by Crippen LogP contribution is 2.15. The molecule has 1 saturated heterocycles. The maximum absolute atomic E-state index is 11.3. The molecule has 1 unspecified atom stereocenters. The molecule has 122 valence electrons. The Morgan fingerprint density at radius 2 is 2.32 bits per heavy atom. The van der Waals surface area contributed by atoms with Crippen molar-refractivity contribution in [3.63, 3.8) is 0 Å². The Hall–Kier alpha value is -2.02. The number of nitrogens with zero attached hydrogens (tertiary/aromatic N) is 2. The number of esters is 1. The number of hydrogen-bond donors (Lipinski definition) is 1. The van der Waals surface area contributed by atoms with Crippen LogP contribution in [-0.2, 0) is 16.2 Å². The number of likely N-dealkylation sites (tertiary alicyclic amines) is 1. The van der Waals surface area contributed by atoms with Gasteiger partial charge in [0, 0.05) is 6.04 Å². The molecule has 1 fully saturated rings. The van der Waals surface area contributed by atoms with Crippen LogP contribution < -0.4 is 5.73 Å². The molecular formula is C15H23N3O4. The zero-order chi connectivity index (χ0) is 15.9. The third-order valence-corrected chi connectivity index (χ3v) is 3.74. The van der Waals surface area contributed by atoms with Crippen molar-refractivity contribution >= 4 is 11.8 Å². The Labute approximate surface area is 130 Å². The topological polar surface area (TPSA) is 90.3 Å². The molecule has 0 radical (unpaired) electrons. The zero-order valence-electron chi connectivity index (χ0n) is 13.1. The molecule has 1 aromatic heterocycles. The summed E-state index contributed by atoms with van der Waals surface area (Å²) in [5, 5.41) is 3.90. The first-order valence-electron chi connectivity index (χ1n) is 7.45. The van der Waals surface area contributed by atoms with Crippen LogP contribution in [-0.4, -0.2) is 42.9 Å². The molecule has 7 nitrogen and oxygen atoms in total. The quantitative estimate of drug-likeness (QED) is 0.372. The second kappa shape index (κ2) is 7.84. The van der Waals surface area contributed by atoms with Gasteiger partial charge in [0.15, 0.2) is 12.4 Å². The molecule has 2 N–H and O–H groups in total. The fourth-order valence-electron chi connectivity index (χ4n) is 2.47. The fraction of sp³-hybridized carbons (Fsp3) is 0.600. The predicted octanol–water partition coefficient (Wildman–Crippen LogP) is 1.73. The third kappa shape index (κ3) is 4.49. The van der Waals surface area contributed by atoms with Gasteiger partial charge in [-0.2, -0.15) is 0 Å². The van der Waals surface area contributed by atoms with Crippen molar-refractivity contribution in [1.29, 1.82) is 0 Å². The first-order chi connectivity index (χ1) is 10.6. The number of piperidine rings is 1. The van der Waals surface area contributed by atoms with E-state index in [0.29, 0.717) is 24.2 Å². The van der Waals surface area contributed by atoms with Gasteiger partial charge in [0.05, 0.1) is 13.7 Å². The van der Waals surface area contributed by atoms with E-state index in [1.165, 1.54) is 32.4 Å². The van der Waals surface area contributed by atoms with Crippen molar-refractivity contribution in [3.05, 3.63) is 23.7 Å². The summed E-state index contributed by atoms with van der Waals surface area (Å²) in [5.41, 5.74) is 5.88. The fourth-order valence-corrected chi connectivity index (χ4v) is 2.47.